The minimum absolute atomic E-state index is 0.156. The third-order valence-electron chi connectivity index (χ3n) is 4.02. The molecule has 3 rings (SSSR count). The number of ether oxygens (including phenoxy) is 1. The van der Waals surface area contributed by atoms with Crippen LogP contribution in [0.4, 0.5) is 0 Å². The Morgan fingerprint density at radius 3 is 3.17 bits per heavy atom. The lowest BCUT2D eigenvalue weighted by Gasteiger charge is -2.13. The van der Waals surface area contributed by atoms with E-state index >= 15 is 0 Å². The lowest BCUT2D eigenvalue weighted by molar-refractivity contribution is 0.0948. The molecule has 0 unspecified atom stereocenters. The van der Waals surface area contributed by atoms with Crippen LogP contribution in [0.3, 0.4) is 0 Å². The average Bonchev–Trinajstić information content (AvgIpc) is 3.01. The Balaban J connectivity index is 1.61. The van der Waals surface area contributed by atoms with Crippen molar-refractivity contribution in [2.75, 3.05) is 19.7 Å². The molecule has 0 saturated heterocycles. The average molecular weight is 349 g/mol. The van der Waals surface area contributed by atoms with Gasteiger partial charge < -0.3 is 15.4 Å². The Labute approximate surface area is 145 Å². The van der Waals surface area contributed by atoms with Crippen LogP contribution in [0.15, 0.2) is 18.2 Å². The van der Waals surface area contributed by atoms with E-state index in [0.29, 0.717) is 36.8 Å². The number of nitrogens with zero attached hydrogens (tertiary/aromatic N) is 1. The molecule has 6 nitrogen and oxygen atoms in total. The van der Waals surface area contributed by atoms with E-state index in [-0.39, 0.29) is 5.91 Å². The summed E-state index contributed by atoms with van der Waals surface area (Å²) < 4.78 is 5.60. The van der Waals surface area contributed by atoms with Crippen LogP contribution in [-0.2, 0) is 19.4 Å². The maximum atomic E-state index is 12.4. The highest BCUT2D eigenvalue weighted by Crippen LogP contribution is 2.23. The molecule has 1 amide bonds. The van der Waals surface area contributed by atoms with Crippen molar-refractivity contribution in [3.05, 3.63) is 45.7 Å². The molecule has 1 aliphatic heterocycles. The molecule has 0 fully saturated rings. The molecular formula is C17H21ClN4O2. The summed E-state index contributed by atoms with van der Waals surface area (Å²) in [5.41, 5.74) is 3.48. The predicted molar refractivity (Wildman–Crippen MR) is 92.7 cm³/mol. The quantitative estimate of drug-likeness (QED) is 0.746. The minimum Gasteiger partial charge on any atom is -0.494 e. The summed E-state index contributed by atoms with van der Waals surface area (Å²) in [6, 6.07) is 5.54. The second-order valence-electron chi connectivity index (χ2n) is 5.65. The first-order chi connectivity index (χ1) is 11.7. The van der Waals surface area contributed by atoms with Gasteiger partial charge in [-0.2, -0.15) is 5.10 Å². The summed E-state index contributed by atoms with van der Waals surface area (Å²) >= 11 is 6.06. The molecule has 3 N–H and O–H groups in total. The number of amides is 1. The summed E-state index contributed by atoms with van der Waals surface area (Å²) in [4.78, 5) is 12.4. The number of H-pyrrole nitrogens is 1. The molecule has 2 aromatic rings. The van der Waals surface area contributed by atoms with E-state index in [2.05, 4.69) is 20.8 Å². The first kappa shape index (κ1) is 16.8. The van der Waals surface area contributed by atoms with Crippen LogP contribution in [0.5, 0.6) is 5.75 Å². The van der Waals surface area contributed by atoms with E-state index in [9.17, 15) is 4.79 Å². The van der Waals surface area contributed by atoms with Crippen LogP contribution in [0, 0.1) is 0 Å². The van der Waals surface area contributed by atoms with Crippen molar-refractivity contribution in [2.24, 2.45) is 0 Å². The molecule has 0 spiro atoms. The number of nitrogens with one attached hydrogen (secondary N) is 3. The van der Waals surface area contributed by atoms with Gasteiger partial charge in [-0.1, -0.05) is 11.6 Å². The molecule has 1 aromatic carbocycles. The normalized spacial score (nSPS) is 13.4. The van der Waals surface area contributed by atoms with Gasteiger partial charge in [0.15, 0.2) is 5.69 Å². The minimum atomic E-state index is -0.156. The fourth-order valence-corrected chi connectivity index (χ4v) is 3.04. The number of carbonyl (C=O) groups is 1. The van der Waals surface area contributed by atoms with Crippen LogP contribution in [0.2, 0.25) is 5.02 Å². The van der Waals surface area contributed by atoms with Crippen molar-refractivity contribution in [3.8, 4) is 5.75 Å². The van der Waals surface area contributed by atoms with Gasteiger partial charge in [0.05, 0.1) is 6.61 Å². The van der Waals surface area contributed by atoms with Gasteiger partial charge in [-0.25, -0.2) is 0 Å². The number of fused-ring (bicyclic) bond motifs is 1. The topological polar surface area (TPSA) is 79.0 Å². The van der Waals surface area contributed by atoms with Gasteiger partial charge in [0.2, 0.25) is 0 Å². The standard InChI is InChI=1S/C17H21ClN4O2/c1-2-24-15-4-3-12(18)9-11(15)5-8-20-17(23)16-13-10-19-7-6-14(13)21-22-16/h3-4,9,19H,2,5-8,10H2,1H3,(H,20,23)(H,21,22). The molecule has 128 valence electrons. The van der Waals surface area contributed by atoms with Gasteiger partial charge in [0.1, 0.15) is 5.75 Å². The molecule has 0 saturated carbocycles. The van der Waals surface area contributed by atoms with E-state index in [1.807, 2.05) is 19.1 Å². The second kappa shape index (κ2) is 7.68. The number of carbonyl (C=O) groups excluding carboxylic acids is 1. The number of hydrogen-bond donors (Lipinski definition) is 3. The predicted octanol–water partition coefficient (Wildman–Crippen LogP) is 2.08. The second-order valence-corrected chi connectivity index (χ2v) is 6.08. The zero-order valence-electron chi connectivity index (χ0n) is 13.6. The van der Waals surface area contributed by atoms with Crippen molar-refractivity contribution < 1.29 is 9.53 Å². The van der Waals surface area contributed by atoms with Crippen molar-refractivity contribution in [3.63, 3.8) is 0 Å². The highest BCUT2D eigenvalue weighted by atomic mass is 35.5. The van der Waals surface area contributed by atoms with Crippen molar-refractivity contribution in [2.45, 2.75) is 26.3 Å². The first-order valence-corrected chi connectivity index (χ1v) is 8.53. The molecular weight excluding hydrogens is 328 g/mol. The summed E-state index contributed by atoms with van der Waals surface area (Å²) in [6.07, 6.45) is 1.52. The van der Waals surface area contributed by atoms with Gasteiger partial charge in [-0.15, -0.1) is 0 Å². The zero-order valence-corrected chi connectivity index (χ0v) is 14.4. The van der Waals surface area contributed by atoms with Gasteiger partial charge in [0.25, 0.3) is 5.91 Å². The van der Waals surface area contributed by atoms with E-state index < -0.39 is 0 Å². The first-order valence-electron chi connectivity index (χ1n) is 8.15. The Bertz CT molecular complexity index is 729. The maximum absolute atomic E-state index is 12.4. The summed E-state index contributed by atoms with van der Waals surface area (Å²) in [7, 11) is 0. The van der Waals surface area contributed by atoms with Crippen molar-refractivity contribution in [1.82, 2.24) is 20.8 Å². The van der Waals surface area contributed by atoms with E-state index in [1.165, 1.54) is 0 Å². The van der Waals surface area contributed by atoms with E-state index in [0.717, 1.165) is 35.5 Å². The fourth-order valence-electron chi connectivity index (χ4n) is 2.85. The number of aromatic amines is 1. The van der Waals surface area contributed by atoms with Crippen LogP contribution in [0.25, 0.3) is 0 Å². The van der Waals surface area contributed by atoms with Crippen LogP contribution in [-0.4, -0.2) is 35.8 Å². The highest BCUT2D eigenvalue weighted by Gasteiger charge is 2.21. The number of hydrogen-bond acceptors (Lipinski definition) is 4. The number of aromatic nitrogens is 2. The smallest absolute Gasteiger partial charge is 0.272 e. The molecule has 1 aromatic heterocycles. The summed E-state index contributed by atoms with van der Waals surface area (Å²) in [5.74, 6) is 0.647. The molecule has 0 radical (unpaired) electrons. The third-order valence-corrected chi connectivity index (χ3v) is 4.26. The van der Waals surface area contributed by atoms with Crippen LogP contribution in [0.1, 0.15) is 34.2 Å². The Morgan fingerprint density at radius 1 is 1.46 bits per heavy atom. The van der Waals surface area contributed by atoms with Crippen molar-refractivity contribution in [1.29, 1.82) is 0 Å². The Morgan fingerprint density at radius 2 is 2.33 bits per heavy atom. The zero-order chi connectivity index (χ0) is 16.9. The van der Waals surface area contributed by atoms with Crippen molar-refractivity contribution >= 4 is 17.5 Å². The third kappa shape index (κ3) is 3.71. The Hall–Kier alpha value is -2.05. The summed E-state index contributed by atoms with van der Waals surface area (Å²) in [5, 5.41) is 14.0. The molecule has 0 aliphatic carbocycles. The van der Waals surface area contributed by atoms with Crippen LogP contribution >= 0.6 is 11.6 Å². The molecule has 0 atom stereocenters. The highest BCUT2D eigenvalue weighted by molar-refractivity contribution is 6.30. The van der Waals surface area contributed by atoms with Gasteiger partial charge >= 0.3 is 0 Å². The fraction of sp³-hybridized carbons (Fsp3) is 0.412. The molecule has 2 heterocycles. The SMILES string of the molecule is CCOc1ccc(Cl)cc1CCNC(=O)c1n[nH]c2c1CNCC2. The molecule has 1 aliphatic rings. The number of benzene rings is 1. The number of rotatable bonds is 6. The lowest BCUT2D eigenvalue weighted by Crippen LogP contribution is -2.29. The molecule has 7 heteroatoms. The monoisotopic (exact) mass is 348 g/mol. The Kier molecular flexibility index (Phi) is 5.37. The maximum Gasteiger partial charge on any atom is 0.272 e. The van der Waals surface area contributed by atoms with Gasteiger partial charge in [-0.3, -0.25) is 9.89 Å². The lowest BCUT2D eigenvalue weighted by atomic mass is 10.1. The van der Waals surface area contributed by atoms with Gasteiger partial charge in [0, 0.05) is 42.3 Å². The van der Waals surface area contributed by atoms with E-state index in [4.69, 9.17) is 16.3 Å². The number of halogens is 1. The van der Waals surface area contributed by atoms with E-state index in [1.54, 1.807) is 6.07 Å². The largest absolute Gasteiger partial charge is 0.494 e. The van der Waals surface area contributed by atoms with Gasteiger partial charge in [-0.05, 0) is 37.1 Å². The molecule has 24 heavy (non-hydrogen) atoms. The molecule has 0 bridgehead atoms. The summed E-state index contributed by atoms with van der Waals surface area (Å²) in [6.45, 7) is 4.61. The van der Waals surface area contributed by atoms with Crippen LogP contribution < -0.4 is 15.4 Å².